The van der Waals surface area contributed by atoms with Gasteiger partial charge < -0.3 is 20.9 Å². The Morgan fingerprint density at radius 3 is 2.90 bits per heavy atom. The number of nitrogen functional groups attached to an aromatic ring is 1. The van der Waals surface area contributed by atoms with Crippen LogP contribution in [0, 0.1) is 0 Å². The Hall–Kier alpha value is -1.82. The first-order valence-electron chi connectivity index (χ1n) is 9.99. The maximum absolute atomic E-state index is 13.0. The number of phosphoric ester groups is 1. The summed E-state index contributed by atoms with van der Waals surface area (Å²) in [5, 5.41) is 0. The number of hydrogen-bond acceptors (Lipinski definition) is 11. The number of nitrogens with zero attached hydrogens (tertiary/aromatic N) is 4. The van der Waals surface area contributed by atoms with Crippen molar-refractivity contribution >= 4 is 24.9 Å². The van der Waals surface area contributed by atoms with E-state index in [0.717, 1.165) is 19.3 Å². The predicted molar refractivity (Wildman–Crippen MR) is 105 cm³/mol. The van der Waals surface area contributed by atoms with Gasteiger partial charge in [-0.05, 0) is 33.1 Å². The summed E-state index contributed by atoms with van der Waals surface area (Å²) in [6.45, 7) is 4.05. The Labute approximate surface area is 172 Å². The summed E-state index contributed by atoms with van der Waals surface area (Å²) in [5.74, 6) is 0.325. The second kappa shape index (κ2) is 7.11. The average Bonchev–Trinajstić information content (AvgIpc) is 3.17. The van der Waals surface area contributed by atoms with Crippen molar-refractivity contribution in [2.45, 2.75) is 63.2 Å². The minimum absolute atomic E-state index is 0.0415. The largest absolute Gasteiger partial charge is 0.476 e. The molecule has 2 saturated heterocycles. The van der Waals surface area contributed by atoms with E-state index < -0.39 is 31.8 Å². The zero-order valence-electron chi connectivity index (χ0n) is 16.8. The van der Waals surface area contributed by atoms with E-state index in [-0.39, 0.29) is 24.5 Å². The number of nitrogens with two attached hydrogens (primary N) is 2. The minimum atomic E-state index is -3.71. The molecular formula is C17H25N6O6P. The van der Waals surface area contributed by atoms with Gasteiger partial charge in [0.15, 0.2) is 17.4 Å². The maximum Gasteiger partial charge on any atom is 0.475 e. The van der Waals surface area contributed by atoms with Crippen LogP contribution in [0.5, 0.6) is 5.88 Å². The Kier molecular flexibility index (Phi) is 4.77. The number of ether oxygens (including phenoxy) is 2. The number of phosphoric acid groups is 1. The quantitative estimate of drug-likeness (QED) is 0.649. The van der Waals surface area contributed by atoms with Gasteiger partial charge in [0, 0.05) is 0 Å². The fourth-order valence-electron chi connectivity index (χ4n) is 3.96. The number of aromatic nitrogens is 4. The molecule has 4 heterocycles. The van der Waals surface area contributed by atoms with E-state index in [9.17, 15) is 4.57 Å². The van der Waals surface area contributed by atoms with E-state index in [2.05, 4.69) is 15.0 Å². The molecule has 3 aliphatic rings. The Morgan fingerprint density at radius 1 is 1.40 bits per heavy atom. The molecule has 30 heavy (non-hydrogen) atoms. The summed E-state index contributed by atoms with van der Waals surface area (Å²) < 4.78 is 43.1. The van der Waals surface area contributed by atoms with Gasteiger partial charge in [0.25, 0.3) is 0 Å². The molecule has 1 saturated carbocycles. The van der Waals surface area contributed by atoms with Crippen LogP contribution in [0.2, 0.25) is 0 Å². The van der Waals surface area contributed by atoms with Crippen molar-refractivity contribution in [3.63, 3.8) is 0 Å². The van der Waals surface area contributed by atoms with Crippen LogP contribution in [-0.4, -0.2) is 56.6 Å². The number of hydrogen-bond donors (Lipinski definition) is 2. The monoisotopic (exact) mass is 440 g/mol. The standard InChI is InChI=1S/C17H25N6O6P/c1-3-25-14-11-13(21-16(18)22-14)23(8-20-11)15-17(2,19)12-10(27-15)7-26-30(24,29-12)28-9-5-4-6-9/h8-10,12,15H,3-7,19H2,1-2H3,(H2,18,21,22)/t10-,12-,15-,17-,30?/m1/s1. The predicted octanol–water partition coefficient (Wildman–Crippen LogP) is 1.51. The van der Waals surface area contributed by atoms with Crippen molar-refractivity contribution in [2.75, 3.05) is 18.9 Å². The fraction of sp³-hybridized carbons (Fsp3) is 0.706. The van der Waals surface area contributed by atoms with Gasteiger partial charge in [-0.25, -0.2) is 9.55 Å². The Bertz CT molecular complexity index is 1010. The smallest absolute Gasteiger partial charge is 0.475 e. The van der Waals surface area contributed by atoms with Gasteiger partial charge in [0.1, 0.15) is 12.2 Å². The number of imidazole rings is 1. The van der Waals surface area contributed by atoms with Crippen LogP contribution in [0.3, 0.4) is 0 Å². The van der Waals surface area contributed by atoms with Crippen LogP contribution < -0.4 is 16.2 Å². The third-order valence-corrected chi connectivity index (χ3v) is 7.20. The molecule has 12 nitrogen and oxygen atoms in total. The molecule has 2 aromatic heterocycles. The third-order valence-electron chi connectivity index (χ3n) is 5.70. The zero-order valence-corrected chi connectivity index (χ0v) is 17.7. The first kappa shape index (κ1) is 20.1. The molecule has 0 aromatic carbocycles. The highest BCUT2D eigenvalue weighted by molar-refractivity contribution is 7.48. The van der Waals surface area contributed by atoms with Crippen LogP contribution in [-0.2, 0) is 22.9 Å². The van der Waals surface area contributed by atoms with Crippen molar-refractivity contribution in [3.05, 3.63) is 6.33 Å². The number of anilines is 1. The Morgan fingerprint density at radius 2 is 2.20 bits per heavy atom. The lowest BCUT2D eigenvalue weighted by atomic mass is 9.93. The molecule has 2 aliphatic heterocycles. The van der Waals surface area contributed by atoms with E-state index >= 15 is 0 Å². The van der Waals surface area contributed by atoms with Crippen molar-refractivity contribution in [1.29, 1.82) is 0 Å². The second-order valence-corrected chi connectivity index (χ2v) is 9.54. The van der Waals surface area contributed by atoms with Gasteiger partial charge in [-0.1, -0.05) is 0 Å². The molecule has 4 N–H and O–H groups in total. The zero-order chi connectivity index (χ0) is 21.1. The second-order valence-electron chi connectivity index (χ2n) is 7.96. The van der Waals surface area contributed by atoms with Crippen LogP contribution in [0.15, 0.2) is 6.33 Å². The molecule has 164 valence electrons. The molecule has 5 rings (SSSR count). The summed E-state index contributed by atoms with van der Waals surface area (Å²) in [6, 6.07) is 0. The molecule has 1 unspecified atom stereocenters. The molecule has 0 amide bonds. The maximum atomic E-state index is 13.0. The van der Waals surface area contributed by atoms with Crippen molar-refractivity contribution < 1.29 is 27.6 Å². The summed E-state index contributed by atoms with van der Waals surface area (Å²) >= 11 is 0. The molecule has 5 atom stereocenters. The van der Waals surface area contributed by atoms with E-state index in [1.165, 1.54) is 0 Å². The average molecular weight is 440 g/mol. The summed E-state index contributed by atoms with van der Waals surface area (Å²) in [4.78, 5) is 12.8. The first-order valence-corrected chi connectivity index (χ1v) is 11.5. The molecule has 1 aliphatic carbocycles. The summed E-state index contributed by atoms with van der Waals surface area (Å²) in [5.41, 5.74) is 12.3. The first-order chi connectivity index (χ1) is 14.3. The van der Waals surface area contributed by atoms with Gasteiger partial charge >= 0.3 is 7.82 Å². The highest BCUT2D eigenvalue weighted by atomic mass is 31.2. The number of fused-ring (bicyclic) bond motifs is 2. The fourth-order valence-corrected chi connectivity index (χ4v) is 5.68. The van der Waals surface area contributed by atoms with E-state index in [4.69, 9.17) is 34.5 Å². The van der Waals surface area contributed by atoms with E-state index in [1.807, 2.05) is 6.92 Å². The van der Waals surface area contributed by atoms with Gasteiger partial charge in [-0.15, -0.1) is 0 Å². The SMILES string of the molecule is CCOc1nc(N)nc2c1ncn2[C@@H]1O[C@@H]2COP(=O)(OC3CCC3)O[C@H]2[C@@]1(C)N. The van der Waals surface area contributed by atoms with Crippen LogP contribution in [0.4, 0.5) is 5.95 Å². The topological polar surface area (TPSA) is 159 Å². The van der Waals surface area contributed by atoms with Crippen LogP contribution in [0.25, 0.3) is 11.2 Å². The van der Waals surface area contributed by atoms with Crippen LogP contribution in [0.1, 0.15) is 39.3 Å². The highest BCUT2D eigenvalue weighted by Gasteiger charge is 2.59. The normalized spacial score (nSPS) is 36.6. The highest BCUT2D eigenvalue weighted by Crippen LogP contribution is 2.60. The van der Waals surface area contributed by atoms with E-state index in [0.29, 0.717) is 17.8 Å². The summed E-state index contributed by atoms with van der Waals surface area (Å²) in [7, 11) is -3.71. The molecule has 3 fully saturated rings. The number of rotatable bonds is 5. The lowest BCUT2D eigenvalue weighted by molar-refractivity contribution is -0.0787. The minimum Gasteiger partial charge on any atom is -0.476 e. The third kappa shape index (κ3) is 3.19. The van der Waals surface area contributed by atoms with Crippen molar-refractivity contribution in [3.8, 4) is 5.88 Å². The van der Waals surface area contributed by atoms with Gasteiger partial charge in [-0.3, -0.25) is 18.1 Å². The molecule has 0 bridgehead atoms. The van der Waals surface area contributed by atoms with Gasteiger partial charge in [0.05, 0.1) is 31.2 Å². The van der Waals surface area contributed by atoms with E-state index in [1.54, 1.807) is 17.8 Å². The molecule has 13 heteroatoms. The van der Waals surface area contributed by atoms with Crippen LogP contribution >= 0.6 is 7.82 Å². The molecule has 0 spiro atoms. The van der Waals surface area contributed by atoms with Gasteiger partial charge in [0.2, 0.25) is 11.8 Å². The summed E-state index contributed by atoms with van der Waals surface area (Å²) in [6.07, 6.45) is 2.20. The lowest BCUT2D eigenvalue weighted by Crippen LogP contribution is -2.54. The van der Waals surface area contributed by atoms with Gasteiger partial charge in [-0.2, -0.15) is 9.97 Å². The lowest BCUT2D eigenvalue weighted by Gasteiger charge is -2.38. The molecule has 2 aromatic rings. The van der Waals surface area contributed by atoms with Crippen molar-refractivity contribution in [1.82, 2.24) is 19.5 Å². The Balaban J connectivity index is 1.46. The van der Waals surface area contributed by atoms with Crippen molar-refractivity contribution in [2.24, 2.45) is 5.73 Å². The molecular weight excluding hydrogens is 415 g/mol. The molecule has 0 radical (unpaired) electrons.